The van der Waals surface area contributed by atoms with Crippen LogP contribution in [0.25, 0.3) is 43.7 Å². The predicted molar refractivity (Wildman–Crippen MR) is 114 cm³/mol. The fourth-order valence-corrected chi connectivity index (χ4v) is 5.13. The molecular weight excluding hydrogens is 364 g/mol. The van der Waals surface area contributed by atoms with Gasteiger partial charge in [-0.1, -0.05) is 30.3 Å². The van der Waals surface area contributed by atoms with Crippen molar-refractivity contribution in [1.29, 1.82) is 0 Å². The van der Waals surface area contributed by atoms with Crippen LogP contribution < -0.4 is 0 Å². The molecule has 5 nitrogen and oxygen atoms in total. The minimum absolute atomic E-state index is 0.0273. The summed E-state index contributed by atoms with van der Waals surface area (Å²) in [6.07, 6.45) is 2.65. The quantitative estimate of drug-likeness (QED) is 0.372. The number of aromatic nitrogens is 2. The van der Waals surface area contributed by atoms with Crippen LogP contribution in [0.5, 0.6) is 5.88 Å². The maximum absolute atomic E-state index is 10.7. The van der Waals surface area contributed by atoms with Crippen LogP contribution in [0.1, 0.15) is 16.7 Å². The molecule has 0 amide bonds. The number of H-pyrrole nitrogens is 1. The van der Waals surface area contributed by atoms with E-state index in [0.717, 1.165) is 55.7 Å². The van der Waals surface area contributed by atoms with Crippen molar-refractivity contribution in [3.63, 3.8) is 0 Å². The van der Waals surface area contributed by atoms with Crippen LogP contribution in [0.3, 0.4) is 0 Å². The van der Waals surface area contributed by atoms with E-state index in [1.807, 2.05) is 36.5 Å². The molecule has 29 heavy (non-hydrogen) atoms. The van der Waals surface area contributed by atoms with Crippen LogP contribution in [0.2, 0.25) is 0 Å². The highest BCUT2D eigenvalue weighted by atomic mass is 16.3. The molecule has 1 aliphatic rings. The summed E-state index contributed by atoms with van der Waals surface area (Å²) >= 11 is 0. The van der Waals surface area contributed by atoms with Gasteiger partial charge in [0.1, 0.15) is 0 Å². The molecule has 2 aromatic heterocycles. The number of aliphatic hydroxyl groups is 2. The number of rotatable bonds is 3. The van der Waals surface area contributed by atoms with Gasteiger partial charge in [0.25, 0.3) is 0 Å². The Balaban J connectivity index is 1.90. The van der Waals surface area contributed by atoms with Crippen LogP contribution in [-0.2, 0) is 19.6 Å². The van der Waals surface area contributed by atoms with Gasteiger partial charge in [0.2, 0.25) is 0 Å². The maximum Gasteiger partial charge on any atom is 0.197 e. The van der Waals surface area contributed by atoms with Crippen molar-refractivity contribution < 1.29 is 15.3 Å². The largest absolute Gasteiger partial charge is 0.494 e. The SMILES string of the molecule is OCCn1c2ccc(CO)cc2c2c3c[nH]c(O)c3c3c(c21)Cc1ccccc1-3. The van der Waals surface area contributed by atoms with Gasteiger partial charge in [0, 0.05) is 46.4 Å². The molecule has 3 aromatic carbocycles. The van der Waals surface area contributed by atoms with E-state index in [9.17, 15) is 15.3 Å². The standard InChI is InChI=1S/C24H20N2O3/c27-8-7-26-19-6-5-13(12-28)9-16(19)21-18-11-25-24(29)22(18)20-15-4-2-1-3-14(15)10-17(20)23(21)26/h1-6,9,11,25,27-29H,7-8,10,12H2. The molecule has 0 radical (unpaired) electrons. The lowest BCUT2D eigenvalue weighted by Gasteiger charge is -2.11. The zero-order valence-corrected chi connectivity index (χ0v) is 15.7. The molecule has 0 saturated carbocycles. The monoisotopic (exact) mass is 384 g/mol. The third-order valence-corrected chi connectivity index (χ3v) is 6.25. The fourth-order valence-electron chi connectivity index (χ4n) is 5.13. The van der Waals surface area contributed by atoms with Crippen LogP contribution in [0, 0.1) is 0 Å². The first-order chi connectivity index (χ1) is 14.2. The Morgan fingerprint density at radius 3 is 2.69 bits per heavy atom. The number of hydrogen-bond acceptors (Lipinski definition) is 3. The molecule has 1 aliphatic carbocycles. The number of aromatic hydroxyl groups is 1. The number of benzene rings is 3. The summed E-state index contributed by atoms with van der Waals surface area (Å²) in [7, 11) is 0. The summed E-state index contributed by atoms with van der Waals surface area (Å²) in [5.41, 5.74) is 7.62. The third kappa shape index (κ3) is 2.06. The topological polar surface area (TPSA) is 81.4 Å². The fraction of sp³-hybridized carbons (Fsp3) is 0.167. The second-order valence-corrected chi connectivity index (χ2v) is 7.72. The van der Waals surface area contributed by atoms with Gasteiger partial charge in [0.15, 0.2) is 5.88 Å². The van der Waals surface area contributed by atoms with E-state index >= 15 is 0 Å². The zero-order chi connectivity index (χ0) is 19.7. The minimum atomic E-state index is -0.0273. The third-order valence-electron chi connectivity index (χ3n) is 6.25. The van der Waals surface area contributed by atoms with E-state index in [-0.39, 0.29) is 19.1 Å². The average Bonchev–Trinajstić information content (AvgIpc) is 3.40. The van der Waals surface area contributed by atoms with Crippen molar-refractivity contribution in [2.24, 2.45) is 0 Å². The van der Waals surface area contributed by atoms with Crippen LogP contribution in [0.15, 0.2) is 48.7 Å². The normalized spacial score (nSPS) is 12.9. The van der Waals surface area contributed by atoms with Crippen molar-refractivity contribution in [3.8, 4) is 17.0 Å². The second kappa shape index (κ2) is 5.86. The molecule has 4 N–H and O–H groups in total. The Hall–Kier alpha value is -3.28. The van der Waals surface area contributed by atoms with Gasteiger partial charge in [-0.2, -0.15) is 0 Å². The number of fused-ring (bicyclic) bond motifs is 10. The number of aromatic amines is 1. The van der Waals surface area contributed by atoms with E-state index in [1.54, 1.807) is 0 Å². The Labute approximate surface area is 166 Å². The zero-order valence-electron chi connectivity index (χ0n) is 15.7. The van der Waals surface area contributed by atoms with E-state index < -0.39 is 0 Å². The summed E-state index contributed by atoms with van der Waals surface area (Å²) in [6.45, 7) is 0.502. The van der Waals surface area contributed by atoms with Gasteiger partial charge in [-0.3, -0.25) is 0 Å². The molecule has 5 aromatic rings. The molecule has 0 aliphatic heterocycles. The lowest BCUT2D eigenvalue weighted by atomic mass is 9.96. The Morgan fingerprint density at radius 1 is 1.00 bits per heavy atom. The van der Waals surface area contributed by atoms with Gasteiger partial charge < -0.3 is 24.9 Å². The molecule has 5 heteroatoms. The Bertz CT molecular complexity index is 1440. The Morgan fingerprint density at radius 2 is 1.86 bits per heavy atom. The van der Waals surface area contributed by atoms with Crippen molar-refractivity contribution in [3.05, 3.63) is 65.4 Å². The summed E-state index contributed by atoms with van der Waals surface area (Å²) < 4.78 is 2.18. The van der Waals surface area contributed by atoms with Crippen molar-refractivity contribution in [2.45, 2.75) is 19.6 Å². The number of hydrogen-bond donors (Lipinski definition) is 4. The summed E-state index contributed by atoms with van der Waals surface area (Å²) in [4.78, 5) is 3.01. The first-order valence-corrected chi connectivity index (χ1v) is 9.82. The van der Waals surface area contributed by atoms with Gasteiger partial charge in [-0.25, -0.2) is 0 Å². The predicted octanol–water partition coefficient (Wildman–Crippen LogP) is 4.04. The molecule has 0 fully saturated rings. The molecule has 6 rings (SSSR count). The molecule has 0 spiro atoms. The van der Waals surface area contributed by atoms with E-state index in [4.69, 9.17) is 0 Å². The number of aliphatic hydroxyl groups excluding tert-OH is 2. The molecule has 144 valence electrons. The second-order valence-electron chi connectivity index (χ2n) is 7.72. The highest BCUT2D eigenvalue weighted by Gasteiger charge is 2.29. The average molecular weight is 384 g/mol. The first kappa shape index (κ1) is 16.7. The molecule has 0 atom stereocenters. The van der Waals surface area contributed by atoms with Crippen molar-refractivity contribution in [2.75, 3.05) is 6.61 Å². The van der Waals surface area contributed by atoms with Crippen LogP contribution in [-0.4, -0.2) is 31.5 Å². The summed E-state index contributed by atoms with van der Waals surface area (Å²) in [6, 6.07) is 14.3. The smallest absolute Gasteiger partial charge is 0.197 e. The lowest BCUT2D eigenvalue weighted by molar-refractivity contribution is 0.279. The summed E-state index contributed by atoms with van der Waals surface area (Å²) in [5, 5.41) is 34.1. The van der Waals surface area contributed by atoms with Gasteiger partial charge in [-0.05, 0) is 34.4 Å². The highest BCUT2D eigenvalue weighted by molar-refractivity contribution is 6.27. The van der Waals surface area contributed by atoms with Crippen molar-refractivity contribution >= 4 is 32.6 Å². The van der Waals surface area contributed by atoms with E-state index in [0.29, 0.717) is 6.54 Å². The lowest BCUT2D eigenvalue weighted by Crippen LogP contribution is -2.03. The van der Waals surface area contributed by atoms with Crippen LogP contribution >= 0.6 is 0 Å². The van der Waals surface area contributed by atoms with Gasteiger partial charge in [-0.15, -0.1) is 0 Å². The summed E-state index contributed by atoms with van der Waals surface area (Å²) in [5.74, 6) is 0.177. The maximum atomic E-state index is 10.7. The van der Waals surface area contributed by atoms with E-state index in [2.05, 4.69) is 21.7 Å². The highest BCUT2D eigenvalue weighted by Crippen LogP contribution is 2.50. The van der Waals surface area contributed by atoms with Gasteiger partial charge in [0.05, 0.1) is 24.1 Å². The minimum Gasteiger partial charge on any atom is -0.494 e. The number of nitrogens with zero attached hydrogens (tertiary/aromatic N) is 1. The molecule has 2 heterocycles. The number of nitrogens with one attached hydrogen (secondary N) is 1. The molecule has 0 saturated heterocycles. The molecule has 0 bridgehead atoms. The van der Waals surface area contributed by atoms with Crippen molar-refractivity contribution in [1.82, 2.24) is 9.55 Å². The molecular formula is C24H20N2O3. The first-order valence-electron chi connectivity index (χ1n) is 9.82. The van der Waals surface area contributed by atoms with Gasteiger partial charge >= 0.3 is 0 Å². The van der Waals surface area contributed by atoms with E-state index in [1.165, 1.54) is 11.1 Å². The Kier molecular flexibility index (Phi) is 3.37. The molecule has 0 unspecified atom stereocenters. The van der Waals surface area contributed by atoms with Crippen LogP contribution in [0.4, 0.5) is 0 Å².